The number of hydrogen-bond donors (Lipinski definition) is 0. The highest BCUT2D eigenvalue weighted by Gasteiger charge is 2.05. The van der Waals surface area contributed by atoms with Crippen molar-refractivity contribution in [3.8, 4) is 0 Å². The number of ketones is 1. The molecule has 1 rings (SSSR count). The molecule has 17 heavy (non-hydrogen) atoms. The van der Waals surface area contributed by atoms with Gasteiger partial charge in [-0.15, -0.1) is 0 Å². The molecule has 1 aromatic carbocycles. The average Bonchev–Trinajstić information content (AvgIpc) is 2.34. The molecule has 7 nitrogen and oxygen atoms in total. The topological polar surface area (TPSA) is 115 Å². The molecule has 0 amide bonds. The Hall–Kier alpha value is -2.49. The van der Waals surface area contributed by atoms with Gasteiger partial charge in [-0.1, -0.05) is 22.4 Å². The van der Waals surface area contributed by atoms with Gasteiger partial charge in [0.25, 0.3) is 0 Å². The molecular formula is C10H10N6O. The number of azide groups is 2. The lowest BCUT2D eigenvalue weighted by molar-refractivity contribution is 0.101. The van der Waals surface area contributed by atoms with Crippen molar-refractivity contribution in [2.45, 2.75) is 20.0 Å². The maximum absolute atomic E-state index is 11.2. The Labute approximate surface area is 97.3 Å². The summed E-state index contributed by atoms with van der Waals surface area (Å²) in [5, 5.41) is 6.89. The number of hydrogen-bond acceptors (Lipinski definition) is 3. The van der Waals surface area contributed by atoms with Crippen molar-refractivity contribution in [2.75, 3.05) is 0 Å². The van der Waals surface area contributed by atoms with Gasteiger partial charge in [0.05, 0.1) is 13.1 Å². The molecule has 1 aromatic rings. The Morgan fingerprint density at radius 2 is 1.76 bits per heavy atom. The van der Waals surface area contributed by atoms with E-state index in [1.807, 2.05) is 0 Å². The summed E-state index contributed by atoms with van der Waals surface area (Å²) in [5.74, 6) is -0.0671. The van der Waals surface area contributed by atoms with Crippen LogP contribution < -0.4 is 0 Å². The monoisotopic (exact) mass is 230 g/mol. The summed E-state index contributed by atoms with van der Waals surface area (Å²) in [6, 6.07) is 5.01. The third kappa shape index (κ3) is 3.53. The maximum Gasteiger partial charge on any atom is 0.159 e. The van der Waals surface area contributed by atoms with Gasteiger partial charge in [0.2, 0.25) is 0 Å². The lowest BCUT2D eigenvalue weighted by Crippen LogP contribution is -1.98. The van der Waals surface area contributed by atoms with E-state index in [4.69, 9.17) is 11.1 Å². The van der Waals surface area contributed by atoms with E-state index in [-0.39, 0.29) is 18.9 Å². The second-order valence-corrected chi connectivity index (χ2v) is 3.32. The zero-order valence-corrected chi connectivity index (χ0v) is 9.24. The van der Waals surface area contributed by atoms with Crippen LogP contribution in [0.4, 0.5) is 0 Å². The van der Waals surface area contributed by atoms with Crippen molar-refractivity contribution in [1.29, 1.82) is 0 Å². The predicted molar refractivity (Wildman–Crippen MR) is 62.1 cm³/mol. The Bertz CT molecular complexity index is 526. The Morgan fingerprint density at radius 1 is 1.18 bits per heavy atom. The van der Waals surface area contributed by atoms with Crippen LogP contribution in [-0.4, -0.2) is 5.78 Å². The smallest absolute Gasteiger partial charge is 0.159 e. The number of carbonyl (C=O) groups excluding carboxylic acids is 1. The molecular weight excluding hydrogens is 220 g/mol. The highest BCUT2D eigenvalue weighted by atomic mass is 16.1. The molecule has 0 atom stereocenters. The fourth-order valence-corrected chi connectivity index (χ4v) is 1.36. The Balaban J connectivity index is 3.14. The number of benzene rings is 1. The van der Waals surface area contributed by atoms with Crippen molar-refractivity contribution >= 4 is 5.78 Å². The van der Waals surface area contributed by atoms with Gasteiger partial charge in [-0.25, -0.2) is 0 Å². The van der Waals surface area contributed by atoms with Crippen LogP contribution >= 0.6 is 0 Å². The van der Waals surface area contributed by atoms with Gasteiger partial charge in [0.1, 0.15) is 0 Å². The van der Waals surface area contributed by atoms with E-state index in [1.165, 1.54) is 6.92 Å². The maximum atomic E-state index is 11.2. The van der Waals surface area contributed by atoms with E-state index in [0.29, 0.717) is 11.1 Å². The molecule has 0 aliphatic rings. The molecule has 86 valence electrons. The number of rotatable bonds is 5. The standard InChI is InChI=1S/C10H10N6O/c1-7(17)8-2-3-9(5-13-15-11)10(4-8)6-14-16-12/h2-4H,5-6H2,1H3. The zero-order valence-electron chi connectivity index (χ0n) is 9.24. The molecule has 0 aromatic heterocycles. The summed E-state index contributed by atoms with van der Waals surface area (Å²) in [7, 11) is 0. The second-order valence-electron chi connectivity index (χ2n) is 3.32. The molecule has 0 radical (unpaired) electrons. The fraction of sp³-hybridized carbons (Fsp3) is 0.300. The largest absolute Gasteiger partial charge is 0.295 e. The third-order valence-electron chi connectivity index (χ3n) is 2.22. The van der Waals surface area contributed by atoms with Gasteiger partial charge in [0.15, 0.2) is 5.78 Å². The minimum atomic E-state index is -0.0671. The average molecular weight is 230 g/mol. The van der Waals surface area contributed by atoms with Crippen LogP contribution in [0.2, 0.25) is 0 Å². The quantitative estimate of drug-likeness (QED) is 0.327. The number of carbonyl (C=O) groups is 1. The summed E-state index contributed by atoms with van der Waals surface area (Å²) in [6.07, 6.45) is 0. The van der Waals surface area contributed by atoms with Crippen LogP contribution in [0, 0.1) is 0 Å². The highest BCUT2D eigenvalue weighted by Crippen LogP contribution is 2.15. The highest BCUT2D eigenvalue weighted by molar-refractivity contribution is 5.94. The van der Waals surface area contributed by atoms with Crippen molar-refractivity contribution in [1.82, 2.24) is 0 Å². The first-order valence-electron chi connectivity index (χ1n) is 4.83. The molecule has 7 heteroatoms. The minimum absolute atomic E-state index is 0.0671. The van der Waals surface area contributed by atoms with Crippen molar-refractivity contribution in [3.63, 3.8) is 0 Å². The van der Waals surface area contributed by atoms with E-state index >= 15 is 0 Å². The van der Waals surface area contributed by atoms with Gasteiger partial charge in [0, 0.05) is 15.4 Å². The first-order chi connectivity index (χ1) is 8.19. The first-order valence-corrected chi connectivity index (χ1v) is 4.83. The number of Topliss-reactive ketones (excluding diaryl/α,β-unsaturated/α-hetero) is 1. The minimum Gasteiger partial charge on any atom is -0.295 e. The predicted octanol–water partition coefficient (Wildman–Crippen LogP) is 3.51. The molecule has 0 saturated carbocycles. The van der Waals surface area contributed by atoms with Crippen molar-refractivity contribution in [3.05, 3.63) is 55.8 Å². The molecule has 0 bridgehead atoms. The van der Waals surface area contributed by atoms with Crippen molar-refractivity contribution < 1.29 is 4.79 Å². The van der Waals surface area contributed by atoms with Crippen molar-refractivity contribution in [2.24, 2.45) is 10.2 Å². The second kappa shape index (κ2) is 6.17. The normalized spacial score (nSPS) is 9.00. The van der Waals surface area contributed by atoms with Gasteiger partial charge >= 0.3 is 0 Å². The molecule has 0 unspecified atom stereocenters. The number of nitrogens with zero attached hydrogens (tertiary/aromatic N) is 6. The summed E-state index contributed by atoms with van der Waals surface area (Å²) >= 11 is 0. The van der Waals surface area contributed by atoms with Gasteiger partial charge < -0.3 is 0 Å². The zero-order chi connectivity index (χ0) is 12.7. The van der Waals surface area contributed by atoms with Crippen LogP contribution in [0.3, 0.4) is 0 Å². The Kier molecular flexibility index (Phi) is 4.57. The van der Waals surface area contributed by atoms with E-state index < -0.39 is 0 Å². The van der Waals surface area contributed by atoms with E-state index in [1.54, 1.807) is 18.2 Å². The molecule has 0 fully saturated rings. The summed E-state index contributed by atoms with van der Waals surface area (Å²) < 4.78 is 0. The lowest BCUT2D eigenvalue weighted by Gasteiger charge is -2.06. The van der Waals surface area contributed by atoms with Crippen LogP contribution in [-0.2, 0) is 13.1 Å². The fourth-order valence-electron chi connectivity index (χ4n) is 1.36. The van der Waals surface area contributed by atoms with E-state index in [9.17, 15) is 4.79 Å². The SMILES string of the molecule is CC(=O)c1ccc(CN=[N+]=[N-])c(CN=[N+]=[N-])c1. The van der Waals surface area contributed by atoms with E-state index in [2.05, 4.69) is 20.1 Å². The lowest BCUT2D eigenvalue weighted by atomic mass is 10.0. The molecule has 0 spiro atoms. The third-order valence-corrected chi connectivity index (χ3v) is 2.22. The van der Waals surface area contributed by atoms with Gasteiger partial charge in [-0.3, -0.25) is 4.79 Å². The molecule has 0 aliphatic carbocycles. The summed E-state index contributed by atoms with van der Waals surface area (Å²) in [4.78, 5) is 16.5. The summed E-state index contributed by atoms with van der Waals surface area (Å²) in [6.45, 7) is 1.76. The van der Waals surface area contributed by atoms with Crippen LogP contribution in [0.5, 0.6) is 0 Å². The molecule has 0 heterocycles. The molecule has 0 saturated heterocycles. The van der Waals surface area contributed by atoms with Gasteiger partial charge in [-0.05, 0) is 35.2 Å². The Morgan fingerprint density at radius 3 is 2.29 bits per heavy atom. The van der Waals surface area contributed by atoms with Crippen LogP contribution in [0.25, 0.3) is 20.9 Å². The van der Waals surface area contributed by atoms with Crippen LogP contribution in [0.15, 0.2) is 28.4 Å². The van der Waals surface area contributed by atoms with Crippen LogP contribution in [0.1, 0.15) is 28.4 Å². The van der Waals surface area contributed by atoms with E-state index in [0.717, 1.165) is 5.56 Å². The van der Waals surface area contributed by atoms with Gasteiger partial charge in [-0.2, -0.15) is 0 Å². The molecule has 0 aliphatic heterocycles. The summed E-state index contributed by atoms with van der Waals surface area (Å²) in [5.41, 5.74) is 18.5. The first kappa shape index (κ1) is 12.6. The molecule has 0 N–H and O–H groups in total.